The predicted molar refractivity (Wildman–Crippen MR) is 74.4 cm³/mol. The molecule has 1 amide bonds. The molecule has 5 heteroatoms. The number of ether oxygens (including phenoxy) is 2. The van der Waals surface area contributed by atoms with E-state index in [1.165, 1.54) is 0 Å². The summed E-state index contributed by atoms with van der Waals surface area (Å²) in [5.74, 6) is -0.172. The molecule has 1 aliphatic carbocycles. The number of rotatable bonds is 5. The van der Waals surface area contributed by atoms with Crippen molar-refractivity contribution in [3.63, 3.8) is 0 Å². The van der Waals surface area contributed by atoms with Crippen LogP contribution in [0.5, 0.6) is 0 Å². The van der Waals surface area contributed by atoms with Gasteiger partial charge in [0.2, 0.25) is 0 Å². The Labute approximate surface area is 118 Å². The van der Waals surface area contributed by atoms with Crippen LogP contribution in [0, 0.1) is 0 Å². The van der Waals surface area contributed by atoms with E-state index in [0.717, 1.165) is 18.4 Å². The third kappa shape index (κ3) is 3.36. The molecule has 0 heterocycles. The number of hydrogen-bond acceptors (Lipinski definition) is 4. The topological polar surface area (TPSA) is 67.8 Å². The first-order valence-corrected chi connectivity index (χ1v) is 6.75. The highest BCUT2D eigenvalue weighted by Gasteiger charge is 2.35. The normalized spacial score (nSPS) is 25.6. The molecule has 1 aromatic rings. The van der Waals surface area contributed by atoms with Crippen LogP contribution in [0.2, 0.25) is 0 Å². The summed E-state index contributed by atoms with van der Waals surface area (Å²) in [4.78, 5) is 12.1. The van der Waals surface area contributed by atoms with Gasteiger partial charge in [-0.2, -0.15) is 0 Å². The molecular formula is C15H21NO4. The lowest BCUT2D eigenvalue weighted by atomic mass is 10.1. The van der Waals surface area contributed by atoms with Crippen molar-refractivity contribution in [2.45, 2.75) is 37.7 Å². The van der Waals surface area contributed by atoms with Gasteiger partial charge in [-0.1, -0.05) is 12.1 Å². The molecule has 110 valence electrons. The van der Waals surface area contributed by atoms with Crippen molar-refractivity contribution in [1.29, 1.82) is 0 Å². The van der Waals surface area contributed by atoms with Gasteiger partial charge in [0.1, 0.15) is 6.10 Å². The van der Waals surface area contributed by atoms with E-state index in [4.69, 9.17) is 9.47 Å². The minimum atomic E-state index is -0.642. The van der Waals surface area contributed by atoms with Crippen LogP contribution in [-0.2, 0) is 16.1 Å². The van der Waals surface area contributed by atoms with Crippen LogP contribution in [0.4, 0.5) is 0 Å². The summed E-state index contributed by atoms with van der Waals surface area (Å²) in [7, 11) is 3.21. The fraction of sp³-hybridized carbons (Fsp3) is 0.533. The summed E-state index contributed by atoms with van der Waals surface area (Å²) in [6, 6.07) is 7.01. The van der Waals surface area contributed by atoms with Crippen molar-refractivity contribution in [3.05, 3.63) is 35.4 Å². The highest BCUT2D eigenvalue weighted by molar-refractivity contribution is 5.94. The quantitative estimate of drug-likeness (QED) is 0.847. The van der Waals surface area contributed by atoms with Gasteiger partial charge in [-0.3, -0.25) is 4.79 Å². The Morgan fingerprint density at radius 1 is 1.30 bits per heavy atom. The molecule has 3 atom stereocenters. The number of carbonyl (C=O) groups excluding carboxylic acids is 1. The number of aliphatic hydroxyl groups excluding tert-OH is 1. The monoisotopic (exact) mass is 279 g/mol. The Balaban J connectivity index is 1.95. The summed E-state index contributed by atoms with van der Waals surface area (Å²) in [5.41, 5.74) is 1.60. The van der Waals surface area contributed by atoms with Gasteiger partial charge in [0, 0.05) is 19.8 Å². The Bertz CT molecular complexity index is 446. The van der Waals surface area contributed by atoms with Gasteiger partial charge in [-0.25, -0.2) is 0 Å². The molecule has 0 aromatic heterocycles. The van der Waals surface area contributed by atoms with E-state index in [0.29, 0.717) is 12.2 Å². The summed E-state index contributed by atoms with van der Waals surface area (Å²) in [6.45, 7) is 0.527. The number of aliphatic hydroxyl groups is 1. The molecule has 0 aliphatic heterocycles. The first kappa shape index (κ1) is 15.0. The highest BCUT2D eigenvalue weighted by atomic mass is 16.5. The fourth-order valence-electron chi connectivity index (χ4n) is 2.53. The van der Waals surface area contributed by atoms with Crippen LogP contribution in [0.25, 0.3) is 0 Å². The zero-order chi connectivity index (χ0) is 14.5. The van der Waals surface area contributed by atoms with Crippen LogP contribution in [0.1, 0.15) is 28.8 Å². The van der Waals surface area contributed by atoms with Crippen LogP contribution >= 0.6 is 0 Å². The SMILES string of the molecule is COCc1ccc(C(=O)N[C@@H]2CC[C@@H](OC)[C@@H]2O)cc1. The maximum Gasteiger partial charge on any atom is 0.251 e. The van der Waals surface area contributed by atoms with E-state index in [-0.39, 0.29) is 18.1 Å². The second-order valence-corrected chi connectivity index (χ2v) is 5.05. The van der Waals surface area contributed by atoms with Crippen molar-refractivity contribution in [3.8, 4) is 0 Å². The van der Waals surface area contributed by atoms with Gasteiger partial charge in [0.25, 0.3) is 5.91 Å². The Hall–Kier alpha value is -1.43. The van der Waals surface area contributed by atoms with E-state index in [1.54, 1.807) is 26.4 Å². The molecule has 20 heavy (non-hydrogen) atoms. The smallest absolute Gasteiger partial charge is 0.251 e. The first-order valence-electron chi connectivity index (χ1n) is 6.75. The minimum absolute atomic E-state index is 0.172. The Morgan fingerprint density at radius 2 is 2.00 bits per heavy atom. The zero-order valence-electron chi connectivity index (χ0n) is 11.8. The first-order chi connectivity index (χ1) is 9.65. The molecule has 0 unspecified atom stereocenters. The standard InChI is InChI=1S/C15H21NO4/c1-19-9-10-3-5-11(6-4-10)15(18)16-12-7-8-13(20-2)14(12)17/h3-6,12-14,17H,7-9H2,1-2H3,(H,16,18)/t12-,13-,14-/m1/s1. The molecule has 1 aliphatic rings. The number of amides is 1. The second kappa shape index (κ2) is 6.83. The lowest BCUT2D eigenvalue weighted by Gasteiger charge is -2.19. The van der Waals surface area contributed by atoms with Gasteiger partial charge in [0.15, 0.2) is 0 Å². The average Bonchev–Trinajstić information content (AvgIpc) is 2.80. The van der Waals surface area contributed by atoms with Crippen molar-refractivity contribution in [2.24, 2.45) is 0 Å². The fourth-order valence-corrected chi connectivity index (χ4v) is 2.53. The number of nitrogens with one attached hydrogen (secondary N) is 1. The number of hydrogen-bond donors (Lipinski definition) is 2. The molecule has 2 rings (SSSR count). The van der Waals surface area contributed by atoms with Crippen LogP contribution < -0.4 is 5.32 Å². The van der Waals surface area contributed by atoms with Gasteiger partial charge < -0.3 is 19.9 Å². The Kier molecular flexibility index (Phi) is 5.11. The van der Waals surface area contributed by atoms with E-state index in [2.05, 4.69) is 5.32 Å². The van der Waals surface area contributed by atoms with E-state index < -0.39 is 6.10 Å². The van der Waals surface area contributed by atoms with Crippen LogP contribution in [-0.4, -0.2) is 43.5 Å². The van der Waals surface area contributed by atoms with Gasteiger partial charge in [-0.05, 0) is 30.5 Å². The third-order valence-electron chi connectivity index (χ3n) is 3.70. The van der Waals surface area contributed by atoms with Gasteiger partial charge in [-0.15, -0.1) is 0 Å². The third-order valence-corrected chi connectivity index (χ3v) is 3.70. The number of benzene rings is 1. The van der Waals surface area contributed by atoms with Crippen molar-refractivity contribution in [1.82, 2.24) is 5.32 Å². The molecule has 5 nitrogen and oxygen atoms in total. The van der Waals surface area contributed by atoms with Crippen LogP contribution in [0.15, 0.2) is 24.3 Å². The number of methoxy groups -OCH3 is 2. The van der Waals surface area contributed by atoms with Gasteiger partial charge in [0.05, 0.1) is 18.8 Å². The summed E-state index contributed by atoms with van der Waals surface area (Å²) in [6.07, 6.45) is 0.656. The summed E-state index contributed by atoms with van der Waals surface area (Å²) in [5, 5.41) is 12.9. The Morgan fingerprint density at radius 3 is 2.55 bits per heavy atom. The molecule has 1 saturated carbocycles. The molecule has 1 aromatic carbocycles. The molecule has 2 N–H and O–H groups in total. The van der Waals surface area contributed by atoms with Gasteiger partial charge >= 0.3 is 0 Å². The second-order valence-electron chi connectivity index (χ2n) is 5.05. The maximum atomic E-state index is 12.1. The predicted octanol–water partition coefficient (Wildman–Crippen LogP) is 1.10. The van der Waals surface area contributed by atoms with E-state index >= 15 is 0 Å². The van der Waals surface area contributed by atoms with Crippen molar-refractivity contribution in [2.75, 3.05) is 14.2 Å². The molecule has 0 saturated heterocycles. The molecule has 1 fully saturated rings. The lowest BCUT2D eigenvalue weighted by Crippen LogP contribution is -2.43. The molecule has 0 radical (unpaired) electrons. The zero-order valence-corrected chi connectivity index (χ0v) is 11.8. The largest absolute Gasteiger partial charge is 0.388 e. The van der Waals surface area contributed by atoms with Crippen LogP contribution in [0.3, 0.4) is 0 Å². The summed E-state index contributed by atoms with van der Waals surface area (Å²) >= 11 is 0. The molecule has 0 spiro atoms. The van der Waals surface area contributed by atoms with Crippen molar-refractivity contribution >= 4 is 5.91 Å². The van der Waals surface area contributed by atoms with E-state index in [9.17, 15) is 9.90 Å². The molecular weight excluding hydrogens is 258 g/mol. The maximum absolute atomic E-state index is 12.1. The van der Waals surface area contributed by atoms with E-state index in [1.807, 2.05) is 12.1 Å². The summed E-state index contributed by atoms with van der Waals surface area (Å²) < 4.78 is 10.2. The van der Waals surface area contributed by atoms with Crippen molar-refractivity contribution < 1.29 is 19.4 Å². The highest BCUT2D eigenvalue weighted by Crippen LogP contribution is 2.22. The molecule has 0 bridgehead atoms. The average molecular weight is 279 g/mol. The lowest BCUT2D eigenvalue weighted by molar-refractivity contribution is 0.000207. The minimum Gasteiger partial charge on any atom is -0.388 e. The number of carbonyl (C=O) groups is 1.